The van der Waals surface area contributed by atoms with Crippen molar-refractivity contribution in [2.45, 2.75) is 0 Å². The molecule has 0 bridgehead atoms. The molecule has 0 saturated carbocycles. The lowest BCUT2D eigenvalue weighted by atomic mass is 10.2. The van der Waals surface area contributed by atoms with Gasteiger partial charge in [0.15, 0.2) is 0 Å². The summed E-state index contributed by atoms with van der Waals surface area (Å²) in [6.45, 7) is 0. The molecule has 0 aliphatic rings. The summed E-state index contributed by atoms with van der Waals surface area (Å²) < 4.78 is 0. The van der Waals surface area contributed by atoms with Crippen molar-refractivity contribution in [2.75, 3.05) is 0 Å². The van der Waals surface area contributed by atoms with Crippen LogP contribution in [0.3, 0.4) is 0 Å². The van der Waals surface area contributed by atoms with Gasteiger partial charge in [-0.25, -0.2) is 4.98 Å². The summed E-state index contributed by atoms with van der Waals surface area (Å²) in [4.78, 5) is 8.41. The Morgan fingerprint density at radius 1 is 1.00 bits per heavy atom. The molecule has 0 radical (unpaired) electrons. The minimum absolute atomic E-state index is 0.873. The van der Waals surface area contributed by atoms with E-state index in [1.807, 2.05) is 18.2 Å². The van der Waals surface area contributed by atoms with Gasteiger partial charge in [-0.05, 0) is 12.1 Å². The minimum atomic E-state index is 0.873. The number of aromatic amines is 1. The Balaban J connectivity index is 2.65. The first kappa shape index (κ1) is 6.54. The van der Waals surface area contributed by atoms with Crippen molar-refractivity contribution in [3.05, 3.63) is 30.7 Å². The predicted octanol–water partition coefficient (Wildman–Crippen LogP) is 1.51. The molecule has 0 atom stereocenters. The Bertz CT molecular complexity index is 570. The molecule has 62 valence electrons. The van der Waals surface area contributed by atoms with Crippen LogP contribution in [0.5, 0.6) is 0 Å². The Kier molecular flexibility index (Phi) is 1.14. The molecule has 1 aromatic carbocycles. The zero-order valence-corrected chi connectivity index (χ0v) is 6.73. The van der Waals surface area contributed by atoms with Gasteiger partial charge in [0.2, 0.25) is 0 Å². The van der Waals surface area contributed by atoms with E-state index < -0.39 is 0 Å². The lowest BCUT2D eigenvalue weighted by molar-refractivity contribution is 1.02. The van der Waals surface area contributed by atoms with Crippen molar-refractivity contribution in [3.63, 3.8) is 0 Å². The van der Waals surface area contributed by atoms with Gasteiger partial charge in [-0.15, -0.1) is 0 Å². The Morgan fingerprint density at radius 2 is 2.00 bits per heavy atom. The van der Waals surface area contributed by atoms with Crippen LogP contribution in [0.15, 0.2) is 30.7 Å². The Hall–Kier alpha value is -1.97. The lowest BCUT2D eigenvalue weighted by Gasteiger charge is -1.95. The number of hydrogen-bond donors (Lipinski definition) is 1. The zero-order valence-electron chi connectivity index (χ0n) is 6.73. The summed E-state index contributed by atoms with van der Waals surface area (Å²) in [5.74, 6) is 0. The maximum absolute atomic E-state index is 4.24. The molecular formula is C9H6N4. The minimum Gasteiger partial charge on any atom is -0.275 e. The molecule has 0 unspecified atom stereocenters. The molecule has 13 heavy (non-hydrogen) atoms. The van der Waals surface area contributed by atoms with E-state index in [-0.39, 0.29) is 0 Å². The lowest BCUT2D eigenvalue weighted by Crippen LogP contribution is -1.86. The fourth-order valence-corrected chi connectivity index (χ4v) is 1.46. The van der Waals surface area contributed by atoms with Crippen LogP contribution < -0.4 is 0 Å². The van der Waals surface area contributed by atoms with Crippen LogP contribution in [0, 0.1) is 0 Å². The predicted molar refractivity (Wildman–Crippen MR) is 49.2 cm³/mol. The summed E-state index contributed by atoms with van der Waals surface area (Å²) in [5, 5.41) is 7.83. The van der Waals surface area contributed by atoms with E-state index in [9.17, 15) is 0 Å². The van der Waals surface area contributed by atoms with Crippen molar-refractivity contribution in [1.29, 1.82) is 0 Å². The van der Waals surface area contributed by atoms with Gasteiger partial charge in [0.1, 0.15) is 11.8 Å². The van der Waals surface area contributed by atoms with Gasteiger partial charge in [0, 0.05) is 11.6 Å². The highest BCUT2D eigenvalue weighted by molar-refractivity contribution is 6.01. The molecule has 0 fully saturated rings. The van der Waals surface area contributed by atoms with E-state index in [1.54, 1.807) is 6.20 Å². The van der Waals surface area contributed by atoms with Gasteiger partial charge in [-0.3, -0.25) is 10.1 Å². The second kappa shape index (κ2) is 2.26. The number of H-pyrrole nitrogens is 1. The molecular weight excluding hydrogens is 164 g/mol. The van der Waals surface area contributed by atoms with Crippen LogP contribution in [0.25, 0.3) is 21.9 Å². The van der Waals surface area contributed by atoms with Crippen molar-refractivity contribution >= 4 is 21.9 Å². The highest BCUT2D eigenvalue weighted by Crippen LogP contribution is 2.19. The molecule has 4 nitrogen and oxygen atoms in total. The van der Waals surface area contributed by atoms with Gasteiger partial charge < -0.3 is 0 Å². The van der Waals surface area contributed by atoms with Gasteiger partial charge in [-0.2, -0.15) is 5.10 Å². The molecule has 1 N–H and O–H groups in total. The number of benzene rings is 1. The van der Waals surface area contributed by atoms with E-state index in [1.165, 1.54) is 6.33 Å². The zero-order chi connectivity index (χ0) is 8.67. The summed E-state index contributed by atoms with van der Waals surface area (Å²) >= 11 is 0. The van der Waals surface area contributed by atoms with Gasteiger partial charge in [0.05, 0.1) is 11.0 Å². The van der Waals surface area contributed by atoms with Crippen molar-refractivity contribution in [1.82, 2.24) is 20.2 Å². The molecule has 0 aliphatic heterocycles. The van der Waals surface area contributed by atoms with E-state index >= 15 is 0 Å². The monoisotopic (exact) mass is 170 g/mol. The average Bonchev–Trinajstić information content (AvgIpc) is 2.65. The van der Waals surface area contributed by atoms with Crippen molar-refractivity contribution in [3.8, 4) is 0 Å². The van der Waals surface area contributed by atoms with E-state index in [0.29, 0.717) is 0 Å². The molecule has 3 aromatic rings. The number of aromatic nitrogens is 4. The standard InChI is InChI=1S/C9H6N4/c1-2-7-9(11-5-12-13-7)8-6(1)3-4-10-8/h1-5,13H. The second-order valence-electron chi connectivity index (χ2n) is 2.83. The van der Waals surface area contributed by atoms with E-state index in [0.717, 1.165) is 21.9 Å². The maximum atomic E-state index is 4.24. The van der Waals surface area contributed by atoms with Gasteiger partial charge >= 0.3 is 0 Å². The summed E-state index contributed by atoms with van der Waals surface area (Å²) in [7, 11) is 0. The van der Waals surface area contributed by atoms with Crippen molar-refractivity contribution in [2.24, 2.45) is 0 Å². The van der Waals surface area contributed by atoms with Gasteiger partial charge in [-0.1, -0.05) is 6.07 Å². The Labute approximate surface area is 73.6 Å². The number of nitrogens with one attached hydrogen (secondary N) is 1. The molecule has 0 spiro atoms. The summed E-state index contributed by atoms with van der Waals surface area (Å²) in [6, 6.07) is 5.93. The van der Waals surface area contributed by atoms with Gasteiger partial charge in [0.25, 0.3) is 0 Å². The maximum Gasteiger partial charge on any atom is 0.136 e. The Morgan fingerprint density at radius 3 is 3.00 bits per heavy atom. The van der Waals surface area contributed by atoms with Crippen LogP contribution in [0.4, 0.5) is 0 Å². The third kappa shape index (κ3) is 0.823. The SMILES string of the molecule is c1cc2ccc3[nH]ncnc3c2n1. The second-order valence-corrected chi connectivity index (χ2v) is 2.83. The van der Waals surface area contributed by atoms with Crippen LogP contribution >= 0.6 is 0 Å². The number of hydrogen-bond acceptors (Lipinski definition) is 3. The third-order valence-corrected chi connectivity index (χ3v) is 2.07. The molecule has 3 rings (SSSR count). The molecule has 0 aliphatic carbocycles. The average molecular weight is 170 g/mol. The normalized spacial score (nSPS) is 11.1. The molecule has 2 aromatic heterocycles. The summed E-state index contributed by atoms with van der Waals surface area (Å²) in [5.41, 5.74) is 2.71. The highest BCUT2D eigenvalue weighted by Gasteiger charge is 2.02. The number of nitrogens with zero attached hydrogens (tertiary/aromatic N) is 3. The first-order valence-corrected chi connectivity index (χ1v) is 3.98. The van der Waals surface area contributed by atoms with Crippen LogP contribution in [0.1, 0.15) is 0 Å². The third-order valence-electron chi connectivity index (χ3n) is 2.07. The smallest absolute Gasteiger partial charge is 0.136 e. The van der Waals surface area contributed by atoms with E-state index in [4.69, 9.17) is 0 Å². The molecule has 0 amide bonds. The molecule has 2 heterocycles. The topological polar surface area (TPSA) is 54.5 Å². The molecule has 4 heteroatoms. The largest absolute Gasteiger partial charge is 0.275 e. The highest BCUT2D eigenvalue weighted by atomic mass is 15.1. The fraction of sp³-hybridized carbons (Fsp3) is 0. The molecule has 0 saturated heterocycles. The van der Waals surface area contributed by atoms with Crippen LogP contribution in [-0.2, 0) is 0 Å². The first-order chi connectivity index (χ1) is 6.45. The van der Waals surface area contributed by atoms with Crippen molar-refractivity contribution < 1.29 is 0 Å². The number of fused-ring (bicyclic) bond motifs is 3. The van der Waals surface area contributed by atoms with Crippen LogP contribution in [0.2, 0.25) is 0 Å². The van der Waals surface area contributed by atoms with E-state index in [2.05, 4.69) is 20.2 Å². The quantitative estimate of drug-likeness (QED) is 0.556. The summed E-state index contributed by atoms with van der Waals surface area (Å²) in [6.07, 6.45) is 3.28. The number of rotatable bonds is 0. The first-order valence-electron chi connectivity index (χ1n) is 3.98. The van der Waals surface area contributed by atoms with Crippen LogP contribution in [-0.4, -0.2) is 20.2 Å². The fourth-order valence-electron chi connectivity index (χ4n) is 1.46.